The summed E-state index contributed by atoms with van der Waals surface area (Å²) in [4.78, 5) is 3.72. The monoisotopic (exact) mass is 157 g/mol. The normalized spacial score (nSPS) is 8.73. The first-order valence-corrected chi connectivity index (χ1v) is 3.76. The van der Waals surface area contributed by atoms with Crippen LogP contribution in [0.15, 0.2) is 10.6 Å². The first-order chi connectivity index (χ1) is 5.24. The molecule has 0 fully saturated rings. The minimum atomic E-state index is -0.117. The van der Waals surface area contributed by atoms with Crippen molar-refractivity contribution in [3.8, 4) is 0 Å². The molecule has 0 radical (unpaired) electrons. The highest BCUT2D eigenvalue weighted by Gasteiger charge is 1.94. The molecule has 0 saturated heterocycles. The van der Waals surface area contributed by atoms with Gasteiger partial charge in [0, 0.05) is 0 Å². The van der Waals surface area contributed by atoms with E-state index in [4.69, 9.17) is 9.52 Å². The van der Waals surface area contributed by atoms with Crippen molar-refractivity contribution in [3.63, 3.8) is 0 Å². The van der Waals surface area contributed by atoms with Gasteiger partial charge in [0.15, 0.2) is 0 Å². The highest BCUT2D eigenvalue weighted by atomic mass is 16.4. The van der Waals surface area contributed by atoms with Gasteiger partial charge in [0.2, 0.25) is 5.89 Å². The van der Waals surface area contributed by atoms with E-state index >= 15 is 0 Å². The zero-order chi connectivity index (χ0) is 8.69. The molecule has 1 aromatic rings. The summed E-state index contributed by atoms with van der Waals surface area (Å²) >= 11 is 0. The number of oxazole rings is 1. The van der Waals surface area contributed by atoms with E-state index in [2.05, 4.69) is 18.8 Å². The number of aromatic nitrogens is 1. The summed E-state index contributed by atoms with van der Waals surface area (Å²) in [5.41, 5.74) is 0. The molecule has 0 aromatic carbocycles. The third-order valence-corrected chi connectivity index (χ3v) is 0.804. The van der Waals surface area contributed by atoms with Crippen molar-refractivity contribution in [3.05, 3.63) is 17.8 Å². The van der Waals surface area contributed by atoms with Crippen LogP contribution in [0.2, 0.25) is 0 Å². The second-order valence-corrected chi connectivity index (χ2v) is 2.23. The van der Waals surface area contributed by atoms with E-state index in [0.29, 0.717) is 5.89 Å². The summed E-state index contributed by atoms with van der Waals surface area (Å²) < 4.78 is 4.87. The van der Waals surface area contributed by atoms with Crippen LogP contribution in [0.5, 0.6) is 0 Å². The average Bonchev–Trinajstić information content (AvgIpc) is 2.37. The molecule has 11 heavy (non-hydrogen) atoms. The molecule has 0 amide bonds. The Morgan fingerprint density at radius 3 is 2.27 bits per heavy atom. The van der Waals surface area contributed by atoms with E-state index in [0.717, 1.165) is 5.76 Å². The van der Waals surface area contributed by atoms with E-state index in [1.807, 2.05) is 0 Å². The van der Waals surface area contributed by atoms with E-state index in [9.17, 15) is 0 Å². The number of aliphatic hydroxyl groups excluding tert-OH is 1. The Bertz CT molecular complexity index is 184. The maximum absolute atomic E-state index is 8.39. The molecule has 3 heteroatoms. The fourth-order valence-corrected chi connectivity index (χ4v) is 0.475. The van der Waals surface area contributed by atoms with Gasteiger partial charge in [0.1, 0.15) is 12.4 Å². The van der Waals surface area contributed by atoms with Crippen LogP contribution in [0.4, 0.5) is 0 Å². The van der Waals surface area contributed by atoms with E-state index in [1.54, 1.807) is 13.1 Å². The van der Waals surface area contributed by atoms with Crippen LogP contribution in [0.1, 0.15) is 31.9 Å². The minimum Gasteiger partial charge on any atom is -0.444 e. The molecule has 0 aliphatic heterocycles. The first-order valence-electron chi connectivity index (χ1n) is 3.76. The second kappa shape index (κ2) is 5.92. The molecule has 1 heterocycles. The predicted molar refractivity (Wildman–Crippen MR) is 43.1 cm³/mol. The number of aryl methyl sites for hydroxylation is 1. The van der Waals surface area contributed by atoms with Crippen molar-refractivity contribution in [2.75, 3.05) is 0 Å². The summed E-state index contributed by atoms with van der Waals surface area (Å²) in [6.45, 7) is 5.92. The quantitative estimate of drug-likeness (QED) is 0.677. The van der Waals surface area contributed by atoms with Gasteiger partial charge in [-0.3, -0.25) is 0 Å². The maximum atomic E-state index is 8.39. The number of hydrogen-bond donors (Lipinski definition) is 1. The van der Waals surface area contributed by atoms with Gasteiger partial charge in [-0.2, -0.15) is 0 Å². The van der Waals surface area contributed by atoms with Crippen molar-refractivity contribution >= 4 is 0 Å². The Morgan fingerprint density at radius 2 is 2.09 bits per heavy atom. The Balaban J connectivity index is 0.000000292. The Kier molecular flexibility index (Phi) is 5.47. The predicted octanol–water partition coefficient (Wildman–Crippen LogP) is 1.89. The molecule has 1 aromatic heterocycles. The van der Waals surface area contributed by atoms with Crippen molar-refractivity contribution in [2.45, 2.75) is 33.8 Å². The lowest BCUT2D eigenvalue weighted by Crippen LogP contribution is -1.78. The summed E-state index contributed by atoms with van der Waals surface area (Å²) in [5, 5.41) is 8.39. The SMILES string of the molecule is CCC.Cc1cnc(CO)o1. The minimum absolute atomic E-state index is 0.117. The zero-order valence-electron chi connectivity index (χ0n) is 7.29. The third-order valence-electron chi connectivity index (χ3n) is 0.804. The number of rotatable bonds is 1. The topological polar surface area (TPSA) is 46.3 Å². The lowest BCUT2D eigenvalue weighted by atomic mass is 10.6. The average molecular weight is 157 g/mol. The third kappa shape index (κ3) is 4.56. The first kappa shape index (κ1) is 10.2. The van der Waals surface area contributed by atoms with Crippen LogP contribution in [-0.4, -0.2) is 10.1 Å². The zero-order valence-corrected chi connectivity index (χ0v) is 7.29. The lowest BCUT2D eigenvalue weighted by molar-refractivity contribution is 0.238. The van der Waals surface area contributed by atoms with E-state index in [1.165, 1.54) is 6.42 Å². The molecule has 0 aliphatic rings. The summed E-state index contributed by atoms with van der Waals surface area (Å²) in [6, 6.07) is 0. The Morgan fingerprint density at radius 1 is 1.55 bits per heavy atom. The molecule has 0 saturated carbocycles. The molecule has 0 bridgehead atoms. The fourth-order valence-electron chi connectivity index (χ4n) is 0.475. The van der Waals surface area contributed by atoms with Gasteiger partial charge < -0.3 is 9.52 Å². The molecule has 0 unspecified atom stereocenters. The van der Waals surface area contributed by atoms with E-state index < -0.39 is 0 Å². The molecule has 0 aliphatic carbocycles. The molecule has 1 N–H and O–H groups in total. The molecule has 1 rings (SSSR count). The van der Waals surface area contributed by atoms with E-state index in [-0.39, 0.29) is 6.61 Å². The summed E-state index contributed by atoms with van der Waals surface area (Å²) in [6.07, 6.45) is 2.82. The standard InChI is InChI=1S/C5H7NO2.C3H8/c1-4-2-6-5(3-7)8-4;1-3-2/h2,7H,3H2,1H3;3H2,1-2H3. The lowest BCUT2D eigenvalue weighted by Gasteiger charge is -1.80. The summed E-state index contributed by atoms with van der Waals surface area (Å²) in [7, 11) is 0. The second-order valence-electron chi connectivity index (χ2n) is 2.23. The number of hydrogen-bond acceptors (Lipinski definition) is 3. The van der Waals surface area contributed by atoms with Crippen LogP contribution in [-0.2, 0) is 6.61 Å². The Labute approximate surface area is 67.1 Å². The molecule has 64 valence electrons. The molecule has 3 nitrogen and oxygen atoms in total. The van der Waals surface area contributed by atoms with Gasteiger partial charge in [0.05, 0.1) is 6.20 Å². The highest BCUT2D eigenvalue weighted by Crippen LogP contribution is 1.99. The van der Waals surface area contributed by atoms with Crippen LogP contribution < -0.4 is 0 Å². The Hall–Kier alpha value is -0.830. The molecular formula is C8H15NO2. The molecular weight excluding hydrogens is 142 g/mol. The van der Waals surface area contributed by atoms with Crippen molar-refractivity contribution in [1.29, 1.82) is 0 Å². The smallest absolute Gasteiger partial charge is 0.220 e. The van der Waals surface area contributed by atoms with Crippen LogP contribution in [0.25, 0.3) is 0 Å². The largest absolute Gasteiger partial charge is 0.444 e. The van der Waals surface area contributed by atoms with Crippen molar-refractivity contribution < 1.29 is 9.52 Å². The van der Waals surface area contributed by atoms with Gasteiger partial charge in [0.25, 0.3) is 0 Å². The van der Waals surface area contributed by atoms with Crippen molar-refractivity contribution in [2.24, 2.45) is 0 Å². The van der Waals surface area contributed by atoms with Crippen LogP contribution >= 0.6 is 0 Å². The van der Waals surface area contributed by atoms with Crippen LogP contribution in [0.3, 0.4) is 0 Å². The number of nitrogens with zero attached hydrogens (tertiary/aromatic N) is 1. The van der Waals surface area contributed by atoms with Crippen molar-refractivity contribution in [1.82, 2.24) is 4.98 Å². The fraction of sp³-hybridized carbons (Fsp3) is 0.625. The van der Waals surface area contributed by atoms with Crippen LogP contribution in [0, 0.1) is 6.92 Å². The molecule has 0 spiro atoms. The van der Waals surface area contributed by atoms with Gasteiger partial charge in [-0.15, -0.1) is 0 Å². The maximum Gasteiger partial charge on any atom is 0.220 e. The van der Waals surface area contributed by atoms with Gasteiger partial charge in [-0.25, -0.2) is 4.98 Å². The van der Waals surface area contributed by atoms with Gasteiger partial charge in [-0.1, -0.05) is 20.3 Å². The van der Waals surface area contributed by atoms with Gasteiger partial charge >= 0.3 is 0 Å². The number of aliphatic hydroxyl groups is 1. The highest BCUT2D eigenvalue weighted by molar-refractivity contribution is 4.88. The van der Waals surface area contributed by atoms with Gasteiger partial charge in [-0.05, 0) is 6.92 Å². The summed E-state index contributed by atoms with van der Waals surface area (Å²) in [5.74, 6) is 1.11. The molecule has 0 atom stereocenters.